The summed E-state index contributed by atoms with van der Waals surface area (Å²) in [5.41, 5.74) is 0. The Morgan fingerprint density at radius 2 is 1.05 bits per heavy atom. The van der Waals surface area contributed by atoms with Gasteiger partial charge < -0.3 is 4.74 Å². The SMILES string of the molecule is CC1CCC(C2CCC(C3CCC4OC4C3)CC2)CC1. The first-order valence-corrected chi connectivity index (χ1v) is 9.45. The van der Waals surface area contributed by atoms with Crippen LogP contribution < -0.4 is 0 Å². The summed E-state index contributed by atoms with van der Waals surface area (Å²) >= 11 is 0. The van der Waals surface area contributed by atoms with E-state index in [-0.39, 0.29) is 0 Å². The number of ether oxygens (including phenoxy) is 1. The summed E-state index contributed by atoms with van der Waals surface area (Å²) in [5, 5.41) is 0. The normalized spacial score (nSPS) is 52.4. The van der Waals surface area contributed by atoms with E-state index < -0.39 is 0 Å². The fraction of sp³-hybridized carbons (Fsp3) is 1.00. The Labute approximate surface area is 124 Å². The van der Waals surface area contributed by atoms with Gasteiger partial charge in [-0.2, -0.15) is 0 Å². The molecule has 1 heteroatoms. The summed E-state index contributed by atoms with van der Waals surface area (Å²) in [7, 11) is 0. The molecule has 0 aromatic carbocycles. The molecule has 4 fully saturated rings. The van der Waals surface area contributed by atoms with Crippen molar-refractivity contribution in [2.45, 2.75) is 89.8 Å². The van der Waals surface area contributed by atoms with Gasteiger partial charge in [0.2, 0.25) is 0 Å². The van der Waals surface area contributed by atoms with E-state index >= 15 is 0 Å². The van der Waals surface area contributed by atoms with Gasteiger partial charge in [0, 0.05) is 0 Å². The van der Waals surface area contributed by atoms with E-state index in [0.29, 0.717) is 12.2 Å². The molecule has 114 valence electrons. The topological polar surface area (TPSA) is 12.5 Å². The molecule has 3 saturated carbocycles. The number of hydrogen-bond acceptors (Lipinski definition) is 1. The van der Waals surface area contributed by atoms with E-state index in [1.54, 1.807) is 25.7 Å². The summed E-state index contributed by atoms with van der Waals surface area (Å²) in [6, 6.07) is 0. The second kappa shape index (κ2) is 5.63. The van der Waals surface area contributed by atoms with E-state index in [2.05, 4.69) is 6.92 Å². The molecule has 4 aliphatic rings. The zero-order chi connectivity index (χ0) is 13.5. The fourth-order valence-electron chi connectivity index (χ4n) is 5.71. The second-order valence-corrected chi connectivity index (χ2v) is 8.48. The molecule has 0 radical (unpaired) electrons. The van der Waals surface area contributed by atoms with Gasteiger partial charge in [0.25, 0.3) is 0 Å². The molecule has 0 aromatic rings. The first-order valence-electron chi connectivity index (χ1n) is 9.45. The van der Waals surface area contributed by atoms with Crippen LogP contribution in [0.3, 0.4) is 0 Å². The monoisotopic (exact) mass is 276 g/mol. The van der Waals surface area contributed by atoms with Crippen LogP contribution in [-0.2, 0) is 4.74 Å². The molecular formula is C19H32O. The Bertz CT molecular complexity index is 323. The molecule has 0 bridgehead atoms. The van der Waals surface area contributed by atoms with Crippen molar-refractivity contribution in [3.63, 3.8) is 0 Å². The molecule has 0 spiro atoms. The van der Waals surface area contributed by atoms with Gasteiger partial charge in [-0.1, -0.05) is 19.8 Å². The van der Waals surface area contributed by atoms with E-state index in [9.17, 15) is 0 Å². The maximum atomic E-state index is 5.73. The third kappa shape index (κ3) is 2.80. The van der Waals surface area contributed by atoms with Crippen molar-refractivity contribution in [1.29, 1.82) is 0 Å². The first-order chi connectivity index (χ1) is 9.79. The minimum absolute atomic E-state index is 0.686. The van der Waals surface area contributed by atoms with Crippen LogP contribution in [0.1, 0.15) is 77.6 Å². The van der Waals surface area contributed by atoms with Gasteiger partial charge >= 0.3 is 0 Å². The molecule has 4 rings (SSSR count). The van der Waals surface area contributed by atoms with Gasteiger partial charge in [0.15, 0.2) is 0 Å². The fourth-order valence-corrected chi connectivity index (χ4v) is 5.71. The highest BCUT2D eigenvalue weighted by Gasteiger charge is 2.46. The summed E-state index contributed by atoms with van der Waals surface area (Å²) in [5.74, 6) is 5.27. The molecular weight excluding hydrogens is 244 g/mol. The number of epoxide rings is 1. The summed E-state index contributed by atoms with van der Waals surface area (Å²) in [6.45, 7) is 2.45. The van der Waals surface area contributed by atoms with Crippen LogP contribution in [0.15, 0.2) is 0 Å². The number of hydrogen-bond donors (Lipinski definition) is 0. The lowest BCUT2D eigenvalue weighted by molar-refractivity contribution is 0.117. The molecule has 1 heterocycles. The van der Waals surface area contributed by atoms with Gasteiger partial charge in [-0.3, -0.25) is 0 Å². The van der Waals surface area contributed by atoms with Gasteiger partial charge in [-0.25, -0.2) is 0 Å². The molecule has 0 amide bonds. The van der Waals surface area contributed by atoms with Crippen molar-refractivity contribution in [3.8, 4) is 0 Å². The predicted octanol–water partition coefficient (Wildman–Crippen LogP) is 5.19. The van der Waals surface area contributed by atoms with Crippen molar-refractivity contribution in [3.05, 3.63) is 0 Å². The van der Waals surface area contributed by atoms with Crippen molar-refractivity contribution < 1.29 is 4.74 Å². The lowest BCUT2D eigenvalue weighted by Crippen LogP contribution is -2.29. The maximum absolute atomic E-state index is 5.73. The van der Waals surface area contributed by atoms with E-state index in [0.717, 1.165) is 29.6 Å². The average molecular weight is 276 g/mol. The van der Waals surface area contributed by atoms with Gasteiger partial charge in [-0.15, -0.1) is 0 Å². The van der Waals surface area contributed by atoms with Crippen LogP contribution in [-0.4, -0.2) is 12.2 Å². The van der Waals surface area contributed by atoms with Crippen molar-refractivity contribution in [1.82, 2.24) is 0 Å². The Morgan fingerprint density at radius 3 is 1.65 bits per heavy atom. The zero-order valence-corrected chi connectivity index (χ0v) is 13.2. The molecule has 3 aliphatic carbocycles. The van der Waals surface area contributed by atoms with Gasteiger partial charge in [0.1, 0.15) is 0 Å². The summed E-state index contributed by atoms with van der Waals surface area (Å²) < 4.78 is 5.73. The van der Waals surface area contributed by atoms with Crippen LogP contribution in [0, 0.1) is 29.6 Å². The van der Waals surface area contributed by atoms with Crippen molar-refractivity contribution >= 4 is 0 Å². The smallest absolute Gasteiger partial charge is 0.0844 e. The highest BCUT2D eigenvalue weighted by Crippen LogP contribution is 2.48. The van der Waals surface area contributed by atoms with Crippen LogP contribution >= 0.6 is 0 Å². The van der Waals surface area contributed by atoms with Crippen LogP contribution in [0.4, 0.5) is 0 Å². The third-order valence-electron chi connectivity index (χ3n) is 7.26. The van der Waals surface area contributed by atoms with E-state index in [1.165, 1.54) is 44.9 Å². The zero-order valence-electron chi connectivity index (χ0n) is 13.2. The third-order valence-corrected chi connectivity index (χ3v) is 7.26. The maximum Gasteiger partial charge on any atom is 0.0844 e. The first kappa shape index (κ1) is 13.6. The molecule has 3 unspecified atom stereocenters. The van der Waals surface area contributed by atoms with Gasteiger partial charge in [0.05, 0.1) is 12.2 Å². The number of fused-ring (bicyclic) bond motifs is 1. The van der Waals surface area contributed by atoms with E-state index in [4.69, 9.17) is 4.74 Å². The molecule has 0 N–H and O–H groups in total. The van der Waals surface area contributed by atoms with Gasteiger partial charge in [-0.05, 0) is 87.4 Å². The lowest BCUT2D eigenvalue weighted by Gasteiger charge is -2.40. The van der Waals surface area contributed by atoms with E-state index in [1.807, 2.05) is 0 Å². The minimum Gasteiger partial charge on any atom is -0.370 e. The Balaban J connectivity index is 1.25. The molecule has 1 aliphatic heterocycles. The minimum atomic E-state index is 0.686. The summed E-state index contributed by atoms with van der Waals surface area (Å²) in [6.07, 6.45) is 17.9. The lowest BCUT2D eigenvalue weighted by atomic mass is 9.66. The second-order valence-electron chi connectivity index (χ2n) is 8.48. The molecule has 20 heavy (non-hydrogen) atoms. The molecule has 3 atom stereocenters. The Kier molecular flexibility index (Phi) is 3.83. The molecule has 1 nitrogen and oxygen atoms in total. The Morgan fingerprint density at radius 1 is 0.550 bits per heavy atom. The molecule has 0 aromatic heterocycles. The van der Waals surface area contributed by atoms with Crippen LogP contribution in [0.2, 0.25) is 0 Å². The highest BCUT2D eigenvalue weighted by molar-refractivity contribution is 4.94. The average Bonchev–Trinajstić information content (AvgIpc) is 3.27. The highest BCUT2D eigenvalue weighted by atomic mass is 16.6. The van der Waals surface area contributed by atoms with Crippen molar-refractivity contribution in [2.24, 2.45) is 29.6 Å². The standard InChI is InChI=1S/C19H32O/c1-13-2-4-14(5-3-13)15-6-8-16(9-7-15)17-10-11-18-19(12-17)20-18/h13-19H,2-12H2,1H3. The quantitative estimate of drug-likeness (QED) is 0.633. The van der Waals surface area contributed by atoms with Crippen molar-refractivity contribution in [2.75, 3.05) is 0 Å². The van der Waals surface area contributed by atoms with Crippen LogP contribution in [0.25, 0.3) is 0 Å². The largest absolute Gasteiger partial charge is 0.370 e. The number of rotatable bonds is 2. The van der Waals surface area contributed by atoms with Crippen LogP contribution in [0.5, 0.6) is 0 Å². The predicted molar refractivity (Wildman–Crippen MR) is 82.6 cm³/mol. The summed E-state index contributed by atoms with van der Waals surface area (Å²) in [4.78, 5) is 0. The Hall–Kier alpha value is -0.0400. The molecule has 1 saturated heterocycles.